The van der Waals surface area contributed by atoms with Crippen molar-refractivity contribution in [2.45, 2.75) is 38.7 Å². The molecule has 20 heavy (non-hydrogen) atoms. The average molecular weight is 269 g/mol. The SMILES string of the molecule is CC1CCC(C#N)(C(O)c2coc3ccccc23)CC1. The van der Waals surface area contributed by atoms with Crippen molar-refractivity contribution >= 4 is 11.0 Å². The molecule has 3 nitrogen and oxygen atoms in total. The molecule has 1 heterocycles. The first-order valence-electron chi connectivity index (χ1n) is 7.22. The summed E-state index contributed by atoms with van der Waals surface area (Å²) in [5.41, 5.74) is 0.842. The highest BCUT2D eigenvalue weighted by Gasteiger charge is 2.42. The highest BCUT2D eigenvalue weighted by Crippen LogP contribution is 2.48. The number of aliphatic hydroxyl groups is 1. The van der Waals surface area contributed by atoms with Crippen LogP contribution in [0.1, 0.15) is 44.3 Å². The van der Waals surface area contributed by atoms with E-state index in [4.69, 9.17) is 4.42 Å². The van der Waals surface area contributed by atoms with E-state index in [1.54, 1.807) is 6.26 Å². The van der Waals surface area contributed by atoms with Crippen LogP contribution in [0.25, 0.3) is 11.0 Å². The van der Waals surface area contributed by atoms with Crippen molar-refractivity contribution in [1.29, 1.82) is 5.26 Å². The fourth-order valence-electron chi connectivity index (χ4n) is 3.23. The molecule has 0 spiro atoms. The first kappa shape index (κ1) is 13.2. The number of benzene rings is 1. The maximum Gasteiger partial charge on any atom is 0.134 e. The van der Waals surface area contributed by atoms with Crippen LogP contribution < -0.4 is 0 Å². The zero-order valence-electron chi connectivity index (χ0n) is 11.7. The van der Waals surface area contributed by atoms with E-state index in [0.29, 0.717) is 5.92 Å². The Kier molecular flexibility index (Phi) is 3.27. The van der Waals surface area contributed by atoms with Gasteiger partial charge in [0.05, 0.1) is 17.7 Å². The van der Waals surface area contributed by atoms with Gasteiger partial charge in [-0.05, 0) is 37.7 Å². The summed E-state index contributed by atoms with van der Waals surface area (Å²) in [5.74, 6) is 0.643. The van der Waals surface area contributed by atoms with Gasteiger partial charge in [0.1, 0.15) is 11.7 Å². The van der Waals surface area contributed by atoms with Crippen molar-refractivity contribution in [3.8, 4) is 6.07 Å². The molecule has 0 amide bonds. The predicted molar refractivity (Wildman–Crippen MR) is 76.9 cm³/mol. The van der Waals surface area contributed by atoms with E-state index < -0.39 is 11.5 Å². The Morgan fingerprint density at radius 1 is 1.35 bits per heavy atom. The van der Waals surface area contributed by atoms with E-state index in [2.05, 4.69) is 13.0 Å². The summed E-state index contributed by atoms with van der Waals surface area (Å²) in [5, 5.41) is 21.3. The van der Waals surface area contributed by atoms with Crippen molar-refractivity contribution in [1.82, 2.24) is 0 Å². The maximum absolute atomic E-state index is 10.8. The molecule has 3 heteroatoms. The second-order valence-corrected chi connectivity index (χ2v) is 6.04. The fourth-order valence-corrected chi connectivity index (χ4v) is 3.23. The monoisotopic (exact) mass is 269 g/mol. The normalized spacial score (nSPS) is 28.1. The van der Waals surface area contributed by atoms with Crippen LogP contribution in [0.2, 0.25) is 0 Å². The van der Waals surface area contributed by atoms with Crippen LogP contribution in [-0.4, -0.2) is 5.11 Å². The molecule has 0 aliphatic heterocycles. The average Bonchev–Trinajstić information content (AvgIpc) is 2.91. The standard InChI is InChI=1S/C17H19NO2/c1-12-6-8-17(11-18,9-7-12)16(19)14-10-20-15-5-3-2-4-13(14)15/h2-5,10,12,16,19H,6-9H2,1H3. The molecule has 1 aliphatic carbocycles. The van der Waals surface area contributed by atoms with Gasteiger partial charge in [0, 0.05) is 10.9 Å². The number of nitrogens with zero attached hydrogens (tertiary/aromatic N) is 1. The van der Waals surface area contributed by atoms with Gasteiger partial charge in [0.15, 0.2) is 0 Å². The number of aliphatic hydroxyl groups excluding tert-OH is 1. The maximum atomic E-state index is 10.8. The van der Waals surface area contributed by atoms with Gasteiger partial charge >= 0.3 is 0 Å². The van der Waals surface area contributed by atoms with Gasteiger partial charge in [-0.2, -0.15) is 5.26 Å². The summed E-state index contributed by atoms with van der Waals surface area (Å²) in [4.78, 5) is 0. The number of para-hydroxylation sites is 1. The van der Waals surface area contributed by atoms with Crippen molar-refractivity contribution in [2.75, 3.05) is 0 Å². The largest absolute Gasteiger partial charge is 0.464 e. The van der Waals surface area contributed by atoms with Crippen LogP contribution in [-0.2, 0) is 0 Å². The summed E-state index contributed by atoms with van der Waals surface area (Å²) in [6.45, 7) is 2.21. The van der Waals surface area contributed by atoms with Crippen LogP contribution >= 0.6 is 0 Å². The number of fused-ring (bicyclic) bond motifs is 1. The second-order valence-electron chi connectivity index (χ2n) is 6.04. The van der Waals surface area contributed by atoms with E-state index >= 15 is 0 Å². The van der Waals surface area contributed by atoms with Gasteiger partial charge in [0.2, 0.25) is 0 Å². The Labute approximate surface area is 118 Å². The van der Waals surface area contributed by atoms with Crippen molar-refractivity contribution in [3.05, 3.63) is 36.1 Å². The molecule has 2 aromatic rings. The van der Waals surface area contributed by atoms with E-state index in [9.17, 15) is 10.4 Å². The Morgan fingerprint density at radius 2 is 2.05 bits per heavy atom. The smallest absolute Gasteiger partial charge is 0.134 e. The summed E-state index contributed by atoms with van der Waals surface area (Å²) in [6.07, 6.45) is 4.34. The molecule has 0 bridgehead atoms. The van der Waals surface area contributed by atoms with Gasteiger partial charge < -0.3 is 9.52 Å². The minimum Gasteiger partial charge on any atom is -0.464 e. The number of hydrogen-bond acceptors (Lipinski definition) is 3. The van der Waals surface area contributed by atoms with Gasteiger partial charge in [-0.3, -0.25) is 0 Å². The molecular weight excluding hydrogens is 250 g/mol. The molecule has 1 fully saturated rings. The lowest BCUT2D eigenvalue weighted by molar-refractivity contribution is 0.0271. The molecule has 0 radical (unpaired) electrons. The number of hydrogen-bond donors (Lipinski definition) is 1. The van der Waals surface area contributed by atoms with Gasteiger partial charge in [-0.1, -0.05) is 25.1 Å². The molecule has 1 saturated carbocycles. The zero-order chi connectivity index (χ0) is 14.2. The summed E-state index contributed by atoms with van der Waals surface area (Å²) in [6, 6.07) is 10.1. The Balaban J connectivity index is 1.99. The van der Waals surface area contributed by atoms with Crippen LogP contribution in [0.5, 0.6) is 0 Å². The Morgan fingerprint density at radius 3 is 2.75 bits per heavy atom. The van der Waals surface area contributed by atoms with E-state index in [1.165, 1.54) is 0 Å². The number of furan rings is 1. The third kappa shape index (κ3) is 2.01. The molecule has 0 saturated heterocycles. The van der Waals surface area contributed by atoms with Crippen LogP contribution in [0.4, 0.5) is 0 Å². The molecule has 3 rings (SSSR count). The van der Waals surface area contributed by atoms with Gasteiger partial charge in [0.25, 0.3) is 0 Å². The van der Waals surface area contributed by atoms with E-state index in [1.807, 2.05) is 24.3 Å². The molecular formula is C17H19NO2. The summed E-state index contributed by atoms with van der Waals surface area (Å²) >= 11 is 0. The zero-order valence-corrected chi connectivity index (χ0v) is 11.7. The number of nitriles is 1. The fraction of sp³-hybridized carbons (Fsp3) is 0.471. The topological polar surface area (TPSA) is 57.2 Å². The Hall–Kier alpha value is -1.79. The van der Waals surface area contributed by atoms with Crippen molar-refractivity contribution in [3.63, 3.8) is 0 Å². The molecule has 1 aromatic carbocycles. The van der Waals surface area contributed by atoms with Crippen LogP contribution in [0.15, 0.2) is 34.9 Å². The first-order valence-corrected chi connectivity index (χ1v) is 7.22. The third-order valence-electron chi connectivity index (χ3n) is 4.72. The highest BCUT2D eigenvalue weighted by atomic mass is 16.3. The third-order valence-corrected chi connectivity index (χ3v) is 4.72. The van der Waals surface area contributed by atoms with Gasteiger partial charge in [-0.15, -0.1) is 0 Å². The Bertz CT molecular complexity index is 644. The molecule has 1 aromatic heterocycles. The van der Waals surface area contributed by atoms with Crippen molar-refractivity contribution < 1.29 is 9.52 Å². The lowest BCUT2D eigenvalue weighted by atomic mass is 9.67. The quantitative estimate of drug-likeness (QED) is 0.889. The van der Waals surface area contributed by atoms with E-state index in [0.717, 1.165) is 42.2 Å². The highest BCUT2D eigenvalue weighted by molar-refractivity contribution is 5.81. The number of rotatable bonds is 2. The minimum absolute atomic E-state index is 0.643. The van der Waals surface area contributed by atoms with Crippen molar-refractivity contribution in [2.24, 2.45) is 11.3 Å². The molecule has 1 N–H and O–H groups in total. The lowest BCUT2D eigenvalue weighted by Gasteiger charge is -2.37. The van der Waals surface area contributed by atoms with Gasteiger partial charge in [-0.25, -0.2) is 0 Å². The molecule has 104 valence electrons. The second kappa shape index (κ2) is 4.96. The first-order chi connectivity index (χ1) is 9.66. The molecule has 1 unspecified atom stereocenters. The summed E-state index contributed by atoms with van der Waals surface area (Å²) in [7, 11) is 0. The minimum atomic E-state index is -0.774. The van der Waals surface area contributed by atoms with Crippen LogP contribution in [0, 0.1) is 22.7 Å². The lowest BCUT2D eigenvalue weighted by Crippen LogP contribution is -2.31. The predicted octanol–water partition coefficient (Wildman–Crippen LogP) is 4.19. The van der Waals surface area contributed by atoms with Crippen LogP contribution in [0.3, 0.4) is 0 Å². The van der Waals surface area contributed by atoms with E-state index in [-0.39, 0.29) is 0 Å². The molecule has 1 atom stereocenters. The summed E-state index contributed by atoms with van der Waals surface area (Å²) < 4.78 is 5.50. The molecule has 1 aliphatic rings.